The van der Waals surface area contributed by atoms with Crippen molar-refractivity contribution in [3.8, 4) is 0 Å². The summed E-state index contributed by atoms with van der Waals surface area (Å²) in [5.74, 6) is 0.215. The maximum absolute atomic E-state index is 12.9. The topological polar surface area (TPSA) is 23.6 Å². The fourth-order valence-corrected chi connectivity index (χ4v) is 3.97. The molecule has 1 aliphatic heterocycles. The molecule has 1 aliphatic rings. The molecule has 1 aromatic heterocycles. The summed E-state index contributed by atoms with van der Waals surface area (Å²) in [7, 11) is 2.01. The second kappa shape index (κ2) is 6.85. The van der Waals surface area contributed by atoms with Crippen molar-refractivity contribution in [3.63, 3.8) is 0 Å². The van der Waals surface area contributed by atoms with Crippen LogP contribution in [0.15, 0.2) is 41.8 Å². The van der Waals surface area contributed by atoms with Gasteiger partial charge >= 0.3 is 0 Å². The Bertz CT molecular complexity index is 665. The maximum atomic E-state index is 12.9. The number of likely N-dealkylation sites (N-methyl/N-ethyl adjacent to an activating group) is 1. The first-order chi connectivity index (χ1) is 11.1. The fourth-order valence-electron chi connectivity index (χ4n) is 3.07. The lowest BCUT2D eigenvalue weighted by Crippen LogP contribution is -2.45. The monoisotopic (exact) mass is 328 g/mol. The first kappa shape index (κ1) is 16.2. The first-order valence-electron chi connectivity index (χ1n) is 8.19. The van der Waals surface area contributed by atoms with Gasteiger partial charge in [0.25, 0.3) is 0 Å². The van der Waals surface area contributed by atoms with Gasteiger partial charge in [-0.3, -0.25) is 9.69 Å². The van der Waals surface area contributed by atoms with Crippen LogP contribution in [0.25, 0.3) is 0 Å². The molecule has 0 saturated heterocycles. The van der Waals surface area contributed by atoms with E-state index in [-0.39, 0.29) is 11.9 Å². The van der Waals surface area contributed by atoms with Crippen LogP contribution in [0, 0.1) is 0 Å². The van der Waals surface area contributed by atoms with Crippen molar-refractivity contribution in [1.29, 1.82) is 0 Å². The molecule has 1 aromatic carbocycles. The third-order valence-corrected chi connectivity index (χ3v) is 5.66. The van der Waals surface area contributed by atoms with Gasteiger partial charge in [-0.25, -0.2) is 0 Å². The molecule has 4 heteroatoms. The number of thiophene rings is 1. The Hall–Kier alpha value is -1.65. The van der Waals surface area contributed by atoms with E-state index in [1.807, 2.05) is 24.5 Å². The van der Waals surface area contributed by atoms with Gasteiger partial charge in [0, 0.05) is 17.5 Å². The molecule has 2 aromatic rings. The minimum absolute atomic E-state index is 0.0549. The number of benzene rings is 1. The summed E-state index contributed by atoms with van der Waals surface area (Å²) in [5.41, 5.74) is 2.50. The van der Waals surface area contributed by atoms with E-state index >= 15 is 0 Å². The largest absolute Gasteiger partial charge is 0.330 e. The van der Waals surface area contributed by atoms with Gasteiger partial charge in [0.2, 0.25) is 5.91 Å². The molecular formula is C19H24N2OS. The fraction of sp³-hybridized carbons (Fsp3) is 0.421. The Morgan fingerprint density at radius 2 is 2.04 bits per heavy atom. The highest BCUT2D eigenvalue weighted by Crippen LogP contribution is 2.37. The third kappa shape index (κ3) is 3.33. The second-order valence-electron chi connectivity index (χ2n) is 6.46. The number of amides is 1. The molecule has 0 radical (unpaired) electrons. The molecule has 23 heavy (non-hydrogen) atoms. The van der Waals surface area contributed by atoms with Gasteiger partial charge in [-0.05, 0) is 49.9 Å². The zero-order valence-electron chi connectivity index (χ0n) is 14.0. The molecule has 0 aliphatic carbocycles. The number of carbonyl (C=O) groups is 1. The minimum Gasteiger partial charge on any atom is -0.330 e. The maximum Gasteiger partial charge on any atom is 0.237 e. The molecule has 0 fully saturated rings. The van der Waals surface area contributed by atoms with Crippen molar-refractivity contribution in [2.45, 2.75) is 32.4 Å². The molecule has 2 heterocycles. The zero-order valence-corrected chi connectivity index (χ0v) is 14.8. The van der Waals surface area contributed by atoms with Gasteiger partial charge in [0.15, 0.2) is 0 Å². The number of carbonyl (C=O) groups excluding carboxylic acids is 1. The van der Waals surface area contributed by atoms with Crippen molar-refractivity contribution in [2.24, 2.45) is 0 Å². The summed E-state index contributed by atoms with van der Waals surface area (Å²) >= 11 is 1.81. The van der Waals surface area contributed by atoms with Crippen LogP contribution < -0.4 is 0 Å². The minimum atomic E-state index is 0.0549. The predicted molar refractivity (Wildman–Crippen MR) is 95.8 cm³/mol. The molecule has 0 N–H and O–H groups in total. The Morgan fingerprint density at radius 1 is 1.30 bits per heavy atom. The van der Waals surface area contributed by atoms with Gasteiger partial charge in [0.05, 0.1) is 12.6 Å². The standard InChI is InChI=1S/C19H24N2OS/c1-14(2)20(3)13-18(22)21-11-9-17-16(10-12-23-17)19(21)15-7-5-4-6-8-15/h4-8,10,12,14,19H,9,11,13H2,1-3H3/t19-/m0/s1. The van der Waals surface area contributed by atoms with Gasteiger partial charge in [-0.1, -0.05) is 30.3 Å². The number of nitrogens with zero attached hydrogens (tertiary/aromatic N) is 2. The van der Waals surface area contributed by atoms with Gasteiger partial charge in [-0.15, -0.1) is 11.3 Å². The third-order valence-electron chi connectivity index (χ3n) is 4.67. The Morgan fingerprint density at radius 3 is 2.74 bits per heavy atom. The van der Waals surface area contributed by atoms with Crippen LogP contribution in [-0.4, -0.2) is 41.9 Å². The summed E-state index contributed by atoms with van der Waals surface area (Å²) in [6.45, 7) is 5.52. The van der Waals surface area contributed by atoms with Crippen LogP contribution in [0.1, 0.15) is 35.9 Å². The summed E-state index contributed by atoms with van der Waals surface area (Å²) in [4.78, 5) is 18.5. The molecule has 0 saturated carbocycles. The smallest absolute Gasteiger partial charge is 0.237 e. The number of rotatable bonds is 4. The van der Waals surface area contributed by atoms with Crippen LogP contribution in [0.2, 0.25) is 0 Å². The van der Waals surface area contributed by atoms with Gasteiger partial charge < -0.3 is 4.90 Å². The van der Waals surface area contributed by atoms with Crippen LogP contribution >= 0.6 is 11.3 Å². The van der Waals surface area contributed by atoms with Crippen molar-refractivity contribution in [2.75, 3.05) is 20.1 Å². The summed E-state index contributed by atoms with van der Waals surface area (Å²) in [5, 5.41) is 2.15. The Balaban J connectivity index is 1.91. The highest BCUT2D eigenvalue weighted by molar-refractivity contribution is 7.10. The van der Waals surface area contributed by atoms with E-state index in [4.69, 9.17) is 0 Å². The number of hydrogen-bond acceptors (Lipinski definition) is 3. The van der Waals surface area contributed by atoms with E-state index in [1.54, 1.807) is 0 Å². The lowest BCUT2D eigenvalue weighted by molar-refractivity contribution is -0.134. The van der Waals surface area contributed by atoms with Crippen LogP contribution in [0.4, 0.5) is 0 Å². The quantitative estimate of drug-likeness (QED) is 0.857. The lowest BCUT2D eigenvalue weighted by Gasteiger charge is -2.37. The summed E-state index contributed by atoms with van der Waals surface area (Å²) in [6.07, 6.45) is 0.966. The van der Waals surface area contributed by atoms with E-state index in [9.17, 15) is 4.79 Å². The summed E-state index contributed by atoms with van der Waals surface area (Å²) < 4.78 is 0. The number of fused-ring (bicyclic) bond motifs is 1. The SMILES string of the molecule is CC(C)N(C)CC(=O)N1CCc2sccc2[C@@H]1c1ccccc1. The van der Waals surface area contributed by atoms with Gasteiger partial charge in [-0.2, -0.15) is 0 Å². The Labute approximate surface area is 142 Å². The van der Waals surface area contributed by atoms with E-state index in [0.717, 1.165) is 13.0 Å². The van der Waals surface area contributed by atoms with E-state index in [2.05, 4.69) is 59.4 Å². The highest BCUT2D eigenvalue weighted by Gasteiger charge is 2.32. The molecule has 3 nitrogen and oxygen atoms in total. The second-order valence-corrected chi connectivity index (χ2v) is 7.46. The van der Waals surface area contributed by atoms with E-state index in [0.29, 0.717) is 12.6 Å². The molecule has 3 rings (SSSR count). The van der Waals surface area contributed by atoms with Crippen molar-refractivity contribution in [1.82, 2.24) is 9.80 Å². The van der Waals surface area contributed by atoms with E-state index in [1.165, 1.54) is 16.0 Å². The van der Waals surface area contributed by atoms with Crippen molar-refractivity contribution < 1.29 is 4.79 Å². The van der Waals surface area contributed by atoms with Crippen LogP contribution in [-0.2, 0) is 11.2 Å². The Kier molecular flexibility index (Phi) is 4.83. The van der Waals surface area contributed by atoms with Crippen molar-refractivity contribution >= 4 is 17.2 Å². The lowest BCUT2D eigenvalue weighted by atomic mass is 9.93. The predicted octanol–water partition coefficient (Wildman–Crippen LogP) is 3.56. The highest BCUT2D eigenvalue weighted by atomic mass is 32.1. The molecule has 0 unspecified atom stereocenters. The normalized spacial score (nSPS) is 17.6. The van der Waals surface area contributed by atoms with Crippen molar-refractivity contribution in [3.05, 3.63) is 57.8 Å². The molecule has 0 spiro atoms. The molecule has 1 atom stereocenters. The molecular weight excluding hydrogens is 304 g/mol. The van der Waals surface area contributed by atoms with Crippen LogP contribution in [0.5, 0.6) is 0 Å². The number of hydrogen-bond donors (Lipinski definition) is 0. The average Bonchev–Trinajstić information content (AvgIpc) is 3.03. The summed E-state index contributed by atoms with van der Waals surface area (Å²) in [6, 6.07) is 13.0. The molecule has 0 bridgehead atoms. The molecule has 1 amide bonds. The average molecular weight is 328 g/mol. The zero-order chi connectivity index (χ0) is 16.4. The molecule has 122 valence electrons. The van der Waals surface area contributed by atoms with E-state index < -0.39 is 0 Å². The van der Waals surface area contributed by atoms with Gasteiger partial charge in [0.1, 0.15) is 0 Å². The first-order valence-corrected chi connectivity index (χ1v) is 9.07. The van der Waals surface area contributed by atoms with Crippen LogP contribution in [0.3, 0.4) is 0 Å².